The minimum Gasteiger partial charge on any atom is -0.497 e. The van der Waals surface area contributed by atoms with Crippen molar-refractivity contribution in [3.63, 3.8) is 0 Å². The normalized spacial score (nSPS) is 13.4. The number of imidazole rings is 1. The predicted molar refractivity (Wildman–Crippen MR) is 151 cm³/mol. The van der Waals surface area contributed by atoms with Crippen LogP contribution >= 0.6 is 11.6 Å². The van der Waals surface area contributed by atoms with E-state index in [1.807, 2.05) is 73.2 Å². The van der Waals surface area contributed by atoms with E-state index in [9.17, 15) is 9.90 Å². The molecule has 202 valence electrons. The number of nitrogens with one attached hydrogen (secondary N) is 1. The molecule has 4 aromatic rings. The molecule has 0 unspecified atom stereocenters. The molecule has 0 radical (unpaired) electrons. The highest BCUT2D eigenvalue weighted by molar-refractivity contribution is 6.30. The van der Waals surface area contributed by atoms with E-state index >= 15 is 0 Å². The second-order valence-corrected chi connectivity index (χ2v) is 9.90. The Hall–Kier alpha value is -4.01. The van der Waals surface area contributed by atoms with E-state index in [1.54, 1.807) is 13.2 Å². The first-order chi connectivity index (χ1) is 19.0. The predicted octanol–water partition coefficient (Wildman–Crippen LogP) is 4.33. The standard InChI is InChI=1S/C30H31ClN4O4/c1-38-26-11-7-21(8-12-26)15-24(19-36)33-30(37)27-3-2-4-28-29(27)39-14-13-34(28)18-25-16-32-20-35(25)17-22-5-9-23(31)10-6-22/h2-12,16,20,24,36H,13-15,17-19H2,1H3,(H,33,37)/t24-/m0/s1. The third-order valence-electron chi connectivity index (χ3n) is 6.80. The molecule has 0 aliphatic carbocycles. The average Bonchev–Trinajstić information content (AvgIpc) is 3.40. The number of amides is 1. The maximum Gasteiger partial charge on any atom is 0.255 e. The highest BCUT2D eigenvalue weighted by Gasteiger charge is 2.26. The van der Waals surface area contributed by atoms with Crippen LogP contribution in [0.2, 0.25) is 5.02 Å². The number of methoxy groups -OCH3 is 1. The number of carbonyl (C=O) groups is 1. The Balaban J connectivity index is 1.30. The highest BCUT2D eigenvalue weighted by atomic mass is 35.5. The smallest absolute Gasteiger partial charge is 0.255 e. The zero-order chi connectivity index (χ0) is 27.2. The fourth-order valence-electron chi connectivity index (χ4n) is 4.72. The largest absolute Gasteiger partial charge is 0.497 e. The van der Waals surface area contributed by atoms with Gasteiger partial charge in [0.05, 0.1) is 56.1 Å². The van der Waals surface area contributed by atoms with E-state index < -0.39 is 6.04 Å². The van der Waals surface area contributed by atoms with Crippen LogP contribution in [0.1, 0.15) is 27.2 Å². The Labute approximate surface area is 232 Å². The average molecular weight is 547 g/mol. The molecule has 1 aliphatic heterocycles. The van der Waals surface area contributed by atoms with Gasteiger partial charge in [-0.05, 0) is 53.9 Å². The third kappa shape index (κ3) is 6.35. The van der Waals surface area contributed by atoms with Crippen molar-refractivity contribution >= 4 is 23.2 Å². The first kappa shape index (κ1) is 26.6. The fourth-order valence-corrected chi connectivity index (χ4v) is 4.85. The van der Waals surface area contributed by atoms with Gasteiger partial charge >= 0.3 is 0 Å². The van der Waals surface area contributed by atoms with Crippen molar-refractivity contribution in [3.05, 3.63) is 107 Å². The lowest BCUT2D eigenvalue weighted by molar-refractivity contribution is 0.0912. The van der Waals surface area contributed by atoms with Crippen molar-refractivity contribution in [1.29, 1.82) is 0 Å². The molecule has 0 fully saturated rings. The van der Waals surface area contributed by atoms with Gasteiger partial charge in [0, 0.05) is 17.8 Å². The molecule has 1 aliphatic rings. The summed E-state index contributed by atoms with van der Waals surface area (Å²) >= 11 is 6.04. The van der Waals surface area contributed by atoms with Crippen LogP contribution in [0.25, 0.3) is 0 Å². The highest BCUT2D eigenvalue weighted by Crippen LogP contribution is 2.36. The van der Waals surface area contributed by atoms with Crippen LogP contribution in [0.15, 0.2) is 79.3 Å². The molecule has 0 saturated carbocycles. The van der Waals surface area contributed by atoms with E-state index in [4.69, 9.17) is 21.1 Å². The number of ether oxygens (including phenoxy) is 2. The lowest BCUT2D eigenvalue weighted by Crippen LogP contribution is -2.40. The molecule has 9 heteroatoms. The number of halogens is 1. The first-order valence-electron chi connectivity index (χ1n) is 12.8. The van der Waals surface area contributed by atoms with Crippen LogP contribution in [0.3, 0.4) is 0 Å². The van der Waals surface area contributed by atoms with Crippen LogP contribution in [-0.2, 0) is 19.5 Å². The Bertz CT molecular complexity index is 1410. The van der Waals surface area contributed by atoms with E-state index in [0.29, 0.717) is 49.0 Å². The van der Waals surface area contributed by atoms with Gasteiger partial charge in [0.1, 0.15) is 12.4 Å². The molecule has 39 heavy (non-hydrogen) atoms. The van der Waals surface area contributed by atoms with Gasteiger partial charge in [-0.3, -0.25) is 4.79 Å². The number of hydrogen-bond acceptors (Lipinski definition) is 6. The molecule has 2 heterocycles. The van der Waals surface area contributed by atoms with Gasteiger partial charge in [-0.15, -0.1) is 0 Å². The monoisotopic (exact) mass is 546 g/mol. The summed E-state index contributed by atoms with van der Waals surface area (Å²) in [5, 5.41) is 13.6. The number of carbonyl (C=O) groups excluding carboxylic acids is 1. The van der Waals surface area contributed by atoms with Gasteiger partial charge in [0.2, 0.25) is 0 Å². The maximum atomic E-state index is 13.3. The van der Waals surface area contributed by atoms with E-state index in [0.717, 1.165) is 28.3 Å². The number of rotatable bonds is 10. The van der Waals surface area contributed by atoms with Crippen molar-refractivity contribution in [1.82, 2.24) is 14.9 Å². The van der Waals surface area contributed by atoms with Crippen LogP contribution in [0, 0.1) is 0 Å². The number of aromatic nitrogens is 2. The van der Waals surface area contributed by atoms with Crippen LogP contribution < -0.4 is 19.7 Å². The second kappa shape index (κ2) is 12.2. The Kier molecular flexibility index (Phi) is 8.34. The summed E-state index contributed by atoms with van der Waals surface area (Å²) in [5.74, 6) is 1.02. The number of benzene rings is 3. The number of nitrogens with zero attached hydrogens (tertiary/aromatic N) is 3. The minimum absolute atomic E-state index is 0.183. The summed E-state index contributed by atoms with van der Waals surface area (Å²) in [4.78, 5) is 19.9. The molecule has 1 aromatic heterocycles. The summed E-state index contributed by atoms with van der Waals surface area (Å²) in [6, 6.07) is 20.5. The molecular weight excluding hydrogens is 516 g/mol. The number of aliphatic hydroxyl groups excluding tert-OH is 1. The SMILES string of the molecule is COc1ccc(C[C@@H](CO)NC(=O)c2cccc3c2OCCN3Cc2cncn2Cc2ccc(Cl)cc2)cc1. The lowest BCUT2D eigenvalue weighted by atomic mass is 10.0. The van der Waals surface area contributed by atoms with E-state index in [1.165, 1.54) is 0 Å². The van der Waals surface area contributed by atoms with Crippen molar-refractivity contribution < 1.29 is 19.4 Å². The second-order valence-electron chi connectivity index (χ2n) is 9.47. The summed E-state index contributed by atoms with van der Waals surface area (Å²) < 4.78 is 13.3. The van der Waals surface area contributed by atoms with Crippen molar-refractivity contribution in [2.45, 2.75) is 25.6 Å². The summed E-state index contributed by atoms with van der Waals surface area (Å²) in [5.41, 5.74) is 4.47. The molecule has 3 aromatic carbocycles. The Morgan fingerprint density at radius 2 is 1.87 bits per heavy atom. The quantitative estimate of drug-likeness (QED) is 0.308. The minimum atomic E-state index is -0.441. The van der Waals surface area contributed by atoms with Gasteiger partial charge in [0.25, 0.3) is 5.91 Å². The molecule has 0 saturated heterocycles. The molecule has 1 amide bonds. The Morgan fingerprint density at radius 1 is 1.10 bits per heavy atom. The number of aliphatic hydroxyl groups is 1. The summed E-state index contributed by atoms with van der Waals surface area (Å²) in [6.07, 6.45) is 4.19. The van der Waals surface area contributed by atoms with Gasteiger partial charge in [-0.25, -0.2) is 4.98 Å². The number of hydrogen-bond donors (Lipinski definition) is 2. The van der Waals surface area contributed by atoms with Gasteiger partial charge < -0.3 is 29.4 Å². The molecular formula is C30H31ClN4O4. The zero-order valence-electron chi connectivity index (χ0n) is 21.7. The molecule has 0 spiro atoms. The number of fused-ring (bicyclic) bond motifs is 1. The zero-order valence-corrected chi connectivity index (χ0v) is 22.5. The molecule has 5 rings (SSSR count). The molecule has 8 nitrogen and oxygen atoms in total. The summed E-state index contributed by atoms with van der Waals surface area (Å²) in [7, 11) is 1.62. The third-order valence-corrected chi connectivity index (χ3v) is 7.05. The van der Waals surface area contributed by atoms with Crippen molar-refractivity contribution in [2.24, 2.45) is 0 Å². The van der Waals surface area contributed by atoms with E-state index in [-0.39, 0.29) is 12.5 Å². The summed E-state index contributed by atoms with van der Waals surface area (Å²) in [6.45, 7) is 2.25. The van der Waals surface area contributed by atoms with Gasteiger partial charge in [-0.2, -0.15) is 0 Å². The molecule has 2 N–H and O–H groups in total. The van der Waals surface area contributed by atoms with Crippen molar-refractivity contribution in [2.75, 3.05) is 31.8 Å². The first-order valence-corrected chi connectivity index (χ1v) is 13.2. The van der Waals surface area contributed by atoms with Crippen LogP contribution in [0.4, 0.5) is 5.69 Å². The van der Waals surface area contributed by atoms with Crippen LogP contribution in [0.5, 0.6) is 11.5 Å². The van der Waals surface area contributed by atoms with Gasteiger partial charge in [-0.1, -0.05) is 41.9 Å². The molecule has 0 bridgehead atoms. The Morgan fingerprint density at radius 3 is 2.62 bits per heavy atom. The molecule has 1 atom stereocenters. The fraction of sp³-hybridized carbons (Fsp3) is 0.267. The van der Waals surface area contributed by atoms with Crippen molar-refractivity contribution in [3.8, 4) is 11.5 Å². The maximum absolute atomic E-state index is 13.3. The van der Waals surface area contributed by atoms with Gasteiger partial charge in [0.15, 0.2) is 5.75 Å². The van der Waals surface area contributed by atoms with E-state index in [2.05, 4.69) is 19.8 Å². The number of para-hydroxylation sites is 1. The number of anilines is 1. The lowest BCUT2D eigenvalue weighted by Gasteiger charge is -2.32. The van der Waals surface area contributed by atoms with Crippen LogP contribution in [-0.4, -0.2) is 53.5 Å². The topological polar surface area (TPSA) is 88.8 Å².